The number of rotatable bonds is 5. The highest BCUT2D eigenvalue weighted by Crippen LogP contribution is 2.56. The molecule has 0 aliphatic carbocycles. The molecular formula is C41H28N8OS. The minimum Gasteiger partial charge on any atom is -0.453 e. The molecule has 0 N–H and O–H groups in total. The van der Waals surface area contributed by atoms with Crippen molar-refractivity contribution in [2.75, 3.05) is 16.8 Å². The summed E-state index contributed by atoms with van der Waals surface area (Å²) in [5, 5.41) is 1.87. The van der Waals surface area contributed by atoms with Crippen molar-refractivity contribution in [2.45, 2.75) is 9.79 Å². The zero-order valence-electron chi connectivity index (χ0n) is 27.4. The van der Waals surface area contributed by atoms with Gasteiger partial charge >= 0.3 is 0 Å². The maximum Gasteiger partial charge on any atom is 0.162 e. The monoisotopic (exact) mass is 680 g/mol. The van der Waals surface area contributed by atoms with Crippen LogP contribution in [0.15, 0.2) is 159 Å². The molecule has 1 aromatic heterocycles. The molecule has 0 radical (unpaired) electrons. The summed E-state index contributed by atoms with van der Waals surface area (Å²) in [7, 11) is 1.73. The number of nitrogens with zero attached hydrogens (tertiary/aromatic N) is 8. The highest BCUT2D eigenvalue weighted by molar-refractivity contribution is 7.99. The topological polar surface area (TPSA) is 91.5 Å². The predicted octanol–water partition coefficient (Wildman–Crippen LogP) is 10.3. The molecule has 2 aliphatic heterocycles. The standard InChI is InChI=1S/C41H28N8OS/c1-42-23-45-41(43-2)30-20-26(40-46-24-44-25-47-40)19-29-28(30)21-27(48-33-13-5-9-17-38(33)51-39-18-10-6-14-34(39)48)22-35(29)49-31-11-3-7-15-36(31)50-37-16-8-4-12-32(37)49/h3-25H,1H2,2H3. The Balaban J connectivity index is 1.43. The van der Waals surface area contributed by atoms with E-state index < -0.39 is 0 Å². The number of amidine groups is 1. The van der Waals surface area contributed by atoms with Crippen molar-refractivity contribution < 1.29 is 4.74 Å². The van der Waals surface area contributed by atoms with Crippen molar-refractivity contribution >= 4 is 75.6 Å². The van der Waals surface area contributed by atoms with E-state index in [4.69, 9.17) is 4.74 Å². The summed E-state index contributed by atoms with van der Waals surface area (Å²) in [6.07, 6.45) is 4.42. The van der Waals surface area contributed by atoms with Crippen LogP contribution in [-0.2, 0) is 0 Å². The number of anilines is 6. The third-order valence-corrected chi connectivity index (χ3v) is 9.99. The van der Waals surface area contributed by atoms with Crippen LogP contribution in [0.1, 0.15) is 5.56 Å². The van der Waals surface area contributed by atoms with Crippen LogP contribution in [0.2, 0.25) is 0 Å². The van der Waals surface area contributed by atoms with Gasteiger partial charge < -0.3 is 14.5 Å². The number of hydrogen-bond acceptors (Lipinski definition) is 8. The molecule has 9 nitrogen and oxygen atoms in total. The molecule has 2 aliphatic rings. The first kappa shape index (κ1) is 30.4. The molecule has 51 heavy (non-hydrogen) atoms. The zero-order valence-corrected chi connectivity index (χ0v) is 28.2. The molecule has 10 heteroatoms. The van der Waals surface area contributed by atoms with E-state index in [1.165, 1.54) is 28.8 Å². The number of hydrogen-bond donors (Lipinski definition) is 0. The van der Waals surface area contributed by atoms with Crippen molar-refractivity contribution in [3.8, 4) is 22.9 Å². The zero-order chi connectivity index (χ0) is 34.3. The second kappa shape index (κ2) is 12.7. The number of aromatic nitrogens is 3. The van der Waals surface area contributed by atoms with E-state index in [1.807, 2.05) is 42.5 Å². The molecule has 0 unspecified atom stereocenters. The number of aliphatic imine (C=N–C) groups is 3. The molecule has 244 valence electrons. The van der Waals surface area contributed by atoms with Gasteiger partial charge in [0, 0.05) is 39.0 Å². The van der Waals surface area contributed by atoms with Gasteiger partial charge in [-0.3, -0.25) is 9.98 Å². The molecule has 0 saturated heterocycles. The molecule has 0 spiro atoms. The molecule has 0 amide bonds. The molecule has 0 saturated carbocycles. The Labute approximate surface area is 298 Å². The van der Waals surface area contributed by atoms with Gasteiger partial charge in [0.15, 0.2) is 23.2 Å². The number of benzene rings is 6. The Morgan fingerprint density at radius 2 is 1.29 bits per heavy atom. The summed E-state index contributed by atoms with van der Waals surface area (Å²) >= 11 is 1.78. The number of fused-ring (bicyclic) bond motifs is 5. The molecule has 6 aromatic carbocycles. The lowest BCUT2D eigenvalue weighted by atomic mass is 9.95. The fourth-order valence-corrected chi connectivity index (χ4v) is 7.79. The second-order valence-corrected chi connectivity index (χ2v) is 12.8. The van der Waals surface area contributed by atoms with Gasteiger partial charge in [0.25, 0.3) is 0 Å². The largest absolute Gasteiger partial charge is 0.453 e. The van der Waals surface area contributed by atoms with Gasteiger partial charge in [-0.1, -0.05) is 60.3 Å². The van der Waals surface area contributed by atoms with Crippen LogP contribution < -0.4 is 14.5 Å². The summed E-state index contributed by atoms with van der Waals surface area (Å²) < 4.78 is 6.46. The van der Waals surface area contributed by atoms with Crippen molar-refractivity contribution in [3.63, 3.8) is 0 Å². The van der Waals surface area contributed by atoms with E-state index in [0.29, 0.717) is 11.7 Å². The van der Waals surface area contributed by atoms with Crippen LogP contribution in [0.25, 0.3) is 22.2 Å². The van der Waals surface area contributed by atoms with Crippen LogP contribution in [0.3, 0.4) is 0 Å². The minimum absolute atomic E-state index is 0.490. The maximum atomic E-state index is 6.46. The fraction of sp³-hybridized carbons (Fsp3) is 0.0244. The van der Waals surface area contributed by atoms with E-state index in [2.05, 4.69) is 125 Å². The number of ether oxygens (including phenoxy) is 1. The molecule has 0 fully saturated rings. The van der Waals surface area contributed by atoms with Crippen molar-refractivity contribution in [2.24, 2.45) is 15.0 Å². The Morgan fingerprint density at radius 1 is 0.686 bits per heavy atom. The summed E-state index contributed by atoms with van der Waals surface area (Å²) in [5.41, 5.74) is 7.48. The Hall–Kier alpha value is -6.65. The van der Waals surface area contributed by atoms with Gasteiger partial charge in [0.05, 0.1) is 28.4 Å². The average Bonchev–Trinajstić information content (AvgIpc) is 3.19. The van der Waals surface area contributed by atoms with Gasteiger partial charge in [-0.2, -0.15) is 0 Å². The van der Waals surface area contributed by atoms with E-state index in [0.717, 1.165) is 67.5 Å². The van der Waals surface area contributed by atoms with E-state index in [-0.39, 0.29) is 0 Å². The van der Waals surface area contributed by atoms with Crippen LogP contribution in [0, 0.1) is 0 Å². The summed E-state index contributed by atoms with van der Waals surface area (Å²) in [5.74, 6) is 2.53. The lowest BCUT2D eigenvalue weighted by Gasteiger charge is -2.36. The van der Waals surface area contributed by atoms with E-state index in [9.17, 15) is 0 Å². The van der Waals surface area contributed by atoms with Crippen LogP contribution in [-0.4, -0.2) is 40.9 Å². The van der Waals surface area contributed by atoms with Crippen molar-refractivity contribution in [1.82, 2.24) is 15.0 Å². The molecule has 7 aromatic rings. The highest BCUT2D eigenvalue weighted by atomic mass is 32.2. The molecule has 0 bridgehead atoms. The Morgan fingerprint density at radius 3 is 1.92 bits per heavy atom. The smallest absolute Gasteiger partial charge is 0.162 e. The van der Waals surface area contributed by atoms with Gasteiger partial charge in [0.2, 0.25) is 0 Å². The van der Waals surface area contributed by atoms with E-state index in [1.54, 1.807) is 18.8 Å². The van der Waals surface area contributed by atoms with E-state index >= 15 is 0 Å². The van der Waals surface area contributed by atoms with Crippen LogP contribution in [0.4, 0.5) is 34.1 Å². The quantitative estimate of drug-likeness (QED) is 0.132. The van der Waals surface area contributed by atoms with Gasteiger partial charge in [-0.25, -0.2) is 19.9 Å². The maximum absolute atomic E-state index is 6.46. The lowest BCUT2D eigenvalue weighted by molar-refractivity contribution is 0.477. The number of para-hydroxylation sites is 6. The average molecular weight is 681 g/mol. The third-order valence-electron chi connectivity index (χ3n) is 8.86. The summed E-state index contributed by atoms with van der Waals surface area (Å²) in [6.45, 7) is 3.62. The summed E-state index contributed by atoms with van der Waals surface area (Å²) in [4.78, 5) is 33.2. The normalized spacial score (nSPS) is 13.3. The summed E-state index contributed by atoms with van der Waals surface area (Å²) in [6, 6.07) is 41.9. The highest BCUT2D eigenvalue weighted by Gasteiger charge is 2.31. The second-order valence-electron chi connectivity index (χ2n) is 11.8. The van der Waals surface area contributed by atoms with Gasteiger partial charge in [-0.05, 0) is 84.9 Å². The molecular weight excluding hydrogens is 653 g/mol. The minimum atomic E-state index is 0.490. The first-order valence-electron chi connectivity index (χ1n) is 16.2. The van der Waals surface area contributed by atoms with Gasteiger partial charge in [0.1, 0.15) is 19.0 Å². The molecule has 3 heterocycles. The fourth-order valence-electron chi connectivity index (χ4n) is 6.73. The Bertz CT molecular complexity index is 2460. The van der Waals surface area contributed by atoms with Crippen LogP contribution >= 0.6 is 11.8 Å². The van der Waals surface area contributed by atoms with Gasteiger partial charge in [-0.15, -0.1) is 0 Å². The Kier molecular flexibility index (Phi) is 7.55. The SMILES string of the molecule is C=NC=NC(=NC)c1cc(-c2ncncn2)cc2c(N3c4ccccc4Oc4ccccc43)cc(N3c4ccccc4Sc4ccccc43)cc12. The van der Waals surface area contributed by atoms with Crippen molar-refractivity contribution in [1.29, 1.82) is 0 Å². The van der Waals surface area contributed by atoms with Crippen molar-refractivity contribution in [3.05, 3.63) is 140 Å². The third kappa shape index (κ3) is 5.20. The predicted molar refractivity (Wildman–Crippen MR) is 207 cm³/mol. The first-order valence-corrected chi connectivity index (χ1v) is 17.1. The molecule has 9 rings (SSSR count). The lowest BCUT2D eigenvalue weighted by Crippen LogP contribution is -2.18. The molecule has 0 atom stereocenters. The van der Waals surface area contributed by atoms with Crippen LogP contribution in [0.5, 0.6) is 11.5 Å². The first-order chi connectivity index (χ1) is 25.2.